The van der Waals surface area contributed by atoms with E-state index in [4.69, 9.17) is 10.5 Å². The second-order valence-electron chi connectivity index (χ2n) is 11.1. The van der Waals surface area contributed by atoms with Crippen molar-refractivity contribution in [3.63, 3.8) is 0 Å². The molecule has 1 aliphatic heterocycles. The van der Waals surface area contributed by atoms with Crippen LogP contribution in [0.3, 0.4) is 0 Å². The molecule has 3 amide bonds. The summed E-state index contributed by atoms with van der Waals surface area (Å²) >= 11 is 0. The molecule has 1 aliphatic carbocycles. The molecule has 4 N–H and O–H groups in total. The Morgan fingerprint density at radius 3 is 2.35 bits per heavy atom. The van der Waals surface area contributed by atoms with Crippen molar-refractivity contribution < 1.29 is 23.9 Å². The van der Waals surface area contributed by atoms with E-state index in [2.05, 4.69) is 10.6 Å². The Morgan fingerprint density at radius 1 is 0.930 bits per heavy atom. The number of nitrogens with zero attached hydrogens (tertiary/aromatic N) is 1. The third-order valence-electron chi connectivity index (χ3n) is 8.29. The summed E-state index contributed by atoms with van der Waals surface area (Å²) in [4.78, 5) is 54.9. The zero-order valence-electron chi connectivity index (χ0n) is 24.4. The van der Waals surface area contributed by atoms with Crippen LogP contribution in [0.4, 0.5) is 5.69 Å². The number of amides is 3. The van der Waals surface area contributed by atoms with Crippen molar-refractivity contribution in [2.45, 2.75) is 63.6 Å². The van der Waals surface area contributed by atoms with Gasteiger partial charge in [0, 0.05) is 31.4 Å². The summed E-state index contributed by atoms with van der Waals surface area (Å²) in [5.74, 6) is -0.697. The number of carbonyl (C=O) groups is 4. The molecular weight excluding hydrogens is 544 g/mol. The number of methoxy groups -OCH3 is 1. The van der Waals surface area contributed by atoms with Gasteiger partial charge in [0.25, 0.3) is 0 Å². The standard InChI is InChI=1S/C34H38N4O5/c1-43-31-20-25-13-7-12-23(25)18-28(31)37-33(41)27(16-17-35)36-34(42)29-19-24-10-5-6-11-26(24)21-38(29)32(40)15-14-30(39)22-8-3-2-4-9-22/h2-6,8-11,18,20,27,29H,7,12-17,19,21,35H2,1H3,(H,36,42)(H,37,41)/t27-,29-/m0/s1. The van der Waals surface area contributed by atoms with Crippen molar-refractivity contribution in [1.29, 1.82) is 0 Å². The van der Waals surface area contributed by atoms with E-state index >= 15 is 0 Å². The van der Waals surface area contributed by atoms with Crippen molar-refractivity contribution in [1.82, 2.24) is 10.2 Å². The topological polar surface area (TPSA) is 131 Å². The highest BCUT2D eigenvalue weighted by Gasteiger charge is 2.36. The van der Waals surface area contributed by atoms with Crippen LogP contribution in [0, 0.1) is 0 Å². The van der Waals surface area contributed by atoms with Gasteiger partial charge in [0.1, 0.15) is 17.8 Å². The highest BCUT2D eigenvalue weighted by molar-refractivity contribution is 6.00. The van der Waals surface area contributed by atoms with Gasteiger partial charge in [-0.1, -0.05) is 54.6 Å². The average Bonchev–Trinajstić information content (AvgIpc) is 3.49. The molecule has 0 fully saturated rings. The minimum atomic E-state index is -0.913. The lowest BCUT2D eigenvalue weighted by Gasteiger charge is -2.36. The van der Waals surface area contributed by atoms with Gasteiger partial charge in [0.05, 0.1) is 12.8 Å². The maximum Gasteiger partial charge on any atom is 0.247 e. The maximum atomic E-state index is 13.8. The van der Waals surface area contributed by atoms with Crippen molar-refractivity contribution >= 4 is 29.2 Å². The second-order valence-corrected chi connectivity index (χ2v) is 11.1. The minimum absolute atomic E-state index is 0.0233. The number of ether oxygens (including phenoxy) is 1. The lowest BCUT2D eigenvalue weighted by molar-refractivity contribution is -0.142. The van der Waals surface area contributed by atoms with Crippen LogP contribution in [0.1, 0.15) is 58.3 Å². The van der Waals surface area contributed by atoms with Crippen LogP contribution < -0.4 is 21.1 Å². The van der Waals surface area contributed by atoms with Gasteiger partial charge in [0.2, 0.25) is 17.7 Å². The fourth-order valence-corrected chi connectivity index (χ4v) is 5.94. The van der Waals surface area contributed by atoms with Crippen LogP contribution in [-0.2, 0) is 40.2 Å². The minimum Gasteiger partial charge on any atom is -0.495 e. The number of rotatable bonds is 11. The molecule has 9 nitrogen and oxygen atoms in total. The average molecular weight is 583 g/mol. The van der Waals surface area contributed by atoms with E-state index < -0.39 is 23.9 Å². The molecule has 0 saturated carbocycles. The summed E-state index contributed by atoms with van der Waals surface area (Å²) in [6.45, 7) is 0.421. The van der Waals surface area contributed by atoms with Gasteiger partial charge in [-0.2, -0.15) is 0 Å². The Labute approximate surface area is 251 Å². The number of anilines is 1. The smallest absolute Gasteiger partial charge is 0.247 e. The summed E-state index contributed by atoms with van der Waals surface area (Å²) in [5, 5.41) is 5.80. The number of hydrogen-bond donors (Lipinski definition) is 3. The zero-order chi connectivity index (χ0) is 30.3. The van der Waals surface area contributed by atoms with Crippen LogP contribution in [0.5, 0.6) is 5.75 Å². The molecular formula is C34H38N4O5. The molecule has 2 atom stereocenters. The Morgan fingerprint density at radius 2 is 1.63 bits per heavy atom. The number of fused-ring (bicyclic) bond motifs is 2. The van der Waals surface area contributed by atoms with Gasteiger partial charge >= 0.3 is 0 Å². The Kier molecular flexibility index (Phi) is 9.51. The predicted octanol–water partition coefficient (Wildman–Crippen LogP) is 3.57. The SMILES string of the molecule is COc1cc2c(cc1NC(=O)[C@H](CCN)NC(=O)[C@@H]1Cc3ccccc3CN1C(=O)CCC(=O)c1ccccc1)CCC2. The van der Waals surface area contributed by atoms with E-state index in [0.29, 0.717) is 23.4 Å². The molecule has 3 aromatic rings. The van der Waals surface area contributed by atoms with Gasteiger partial charge in [-0.15, -0.1) is 0 Å². The lowest BCUT2D eigenvalue weighted by Crippen LogP contribution is -2.56. The number of carbonyl (C=O) groups excluding carboxylic acids is 4. The highest BCUT2D eigenvalue weighted by atomic mass is 16.5. The fraction of sp³-hybridized carbons (Fsp3) is 0.353. The summed E-state index contributed by atoms with van der Waals surface area (Å²) < 4.78 is 5.53. The van der Waals surface area contributed by atoms with E-state index in [1.54, 1.807) is 31.4 Å². The first-order valence-electron chi connectivity index (χ1n) is 14.8. The number of benzene rings is 3. The van der Waals surface area contributed by atoms with E-state index in [9.17, 15) is 19.2 Å². The maximum absolute atomic E-state index is 13.8. The van der Waals surface area contributed by atoms with E-state index in [0.717, 1.165) is 30.4 Å². The molecule has 0 unspecified atom stereocenters. The summed E-state index contributed by atoms with van der Waals surface area (Å²) in [6.07, 6.45) is 3.51. The molecule has 43 heavy (non-hydrogen) atoms. The van der Waals surface area contributed by atoms with Crippen molar-refractivity contribution in [2.75, 3.05) is 19.0 Å². The largest absolute Gasteiger partial charge is 0.495 e. The lowest BCUT2D eigenvalue weighted by atomic mass is 9.92. The molecule has 5 rings (SSSR count). The van der Waals surface area contributed by atoms with Gasteiger partial charge in [-0.25, -0.2) is 0 Å². The molecule has 3 aromatic carbocycles. The number of Topliss-reactive ketones (excluding diaryl/α,β-unsaturated/α-hetero) is 1. The van der Waals surface area contributed by atoms with Crippen LogP contribution in [0.15, 0.2) is 66.7 Å². The quantitative estimate of drug-likeness (QED) is 0.296. The van der Waals surface area contributed by atoms with Gasteiger partial charge in [0.15, 0.2) is 5.78 Å². The number of hydrogen-bond acceptors (Lipinski definition) is 6. The van der Waals surface area contributed by atoms with E-state index in [1.807, 2.05) is 42.5 Å². The van der Waals surface area contributed by atoms with Gasteiger partial charge in [-0.05, 0) is 66.6 Å². The van der Waals surface area contributed by atoms with E-state index in [-0.39, 0.29) is 44.0 Å². The van der Waals surface area contributed by atoms with Gasteiger partial charge in [-0.3, -0.25) is 19.2 Å². The molecule has 1 heterocycles. The third-order valence-corrected chi connectivity index (χ3v) is 8.29. The Bertz CT molecular complexity index is 1510. The number of aryl methyl sites for hydroxylation is 2. The van der Waals surface area contributed by atoms with Crippen molar-refractivity contribution in [3.8, 4) is 5.75 Å². The molecule has 0 saturated heterocycles. The summed E-state index contributed by atoms with van der Waals surface area (Å²) in [5.41, 5.74) is 11.3. The number of nitrogens with two attached hydrogens (primary N) is 1. The van der Waals surface area contributed by atoms with Gasteiger partial charge < -0.3 is 26.0 Å². The molecule has 9 heteroatoms. The Balaban J connectivity index is 1.31. The zero-order valence-corrected chi connectivity index (χ0v) is 24.4. The van der Waals surface area contributed by atoms with Crippen LogP contribution in [-0.4, -0.2) is 54.1 Å². The molecule has 0 radical (unpaired) electrons. The number of ketones is 1. The molecule has 2 aliphatic rings. The van der Waals surface area contributed by atoms with Crippen molar-refractivity contribution in [2.24, 2.45) is 5.73 Å². The first-order valence-corrected chi connectivity index (χ1v) is 14.8. The first kappa shape index (κ1) is 30.0. The second kappa shape index (κ2) is 13.6. The Hall–Kier alpha value is -4.50. The van der Waals surface area contributed by atoms with Crippen LogP contribution in [0.25, 0.3) is 0 Å². The van der Waals surface area contributed by atoms with Crippen LogP contribution >= 0.6 is 0 Å². The van der Waals surface area contributed by atoms with Crippen molar-refractivity contribution in [3.05, 3.63) is 94.5 Å². The normalized spacial score (nSPS) is 16.0. The number of nitrogens with one attached hydrogen (secondary N) is 2. The molecule has 0 bridgehead atoms. The summed E-state index contributed by atoms with van der Waals surface area (Å²) in [6, 6.07) is 18.7. The first-order chi connectivity index (χ1) is 20.9. The summed E-state index contributed by atoms with van der Waals surface area (Å²) in [7, 11) is 1.56. The predicted molar refractivity (Wildman–Crippen MR) is 164 cm³/mol. The van der Waals surface area contributed by atoms with E-state index in [1.165, 1.54) is 16.0 Å². The third kappa shape index (κ3) is 6.94. The van der Waals surface area contributed by atoms with Crippen LogP contribution in [0.2, 0.25) is 0 Å². The molecule has 0 spiro atoms. The highest BCUT2D eigenvalue weighted by Crippen LogP contribution is 2.33. The monoisotopic (exact) mass is 582 g/mol. The fourth-order valence-electron chi connectivity index (χ4n) is 5.94. The molecule has 224 valence electrons. The molecule has 0 aromatic heterocycles.